The summed E-state index contributed by atoms with van der Waals surface area (Å²) in [6.07, 6.45) is 0. The molecule has 0 saturated carbocycles. The van der Waals surface area contributed by atoms with Crippen LogP contribution in [0.2, 0.25) is 0 Å². The number of carboxylic acids is 1. The number of aromatic nitrogens is 2. The van der Waals surface area contributed by atoms with Gasteiger partial charge in [0.1, 0.15) is 6.61 Å². The van der Waals surface area contributed by atoms with Crippen LogP contribution in [0, 0.1) is 6.92 Å². The molecular weight excluding hydrogens is 188 g/mol. The van der Waals surface area contributed by atoms with Crippen molar-refractivity contribution in [1.82, 2.24) is 9.97 Å². The van der Waals surface area contributed by atoms with Crippen molar-refractivity contribution in [2.45, 2.75) is 6.92 Å². The van der Waals surface area contributed by atoms with Crippen molar-refractivity contribution in [1.29, 1.82) is 0 Å². The summed E-state index contributed by atoms with van der Waals surface area (Å²) in [5, 5.41) is 17.1. The number of hydrogen-bond donors (Lipinski definition) is 2. The first-order valence-electron chi connectivity index (χ1n) is 3.96. The predicted molar refractivity (Wildman–Crippen MR) is 46.3 cm³/mol. The molecule has 0 aliphatic heterocycles. The normalized spacial score (nSPS) is 9.86. The van der Waals surface area contributed by atoms with Gasteiger partial charge in [0.15, 0.2) is 5.69 Å². The SMILES string of the molecule is Cc1cc(C(=O)O)nc(OCCO)n1. The molecule has 6 nitrogen and oxygen atoms in total. The second kappa shape index (κ2) is 4.52. The number of aryl methyl sites for hydroxylation is 1. The van der Waals surface area contributed by atoms with Gasteiger partial charge in [0, 0.05) is 5.69 Å². The fourth-order valence-corrected chi connectivity index (χ4v) is 0.852. The highest BCUT2D eigenvalue weighted by Crippen LogP contribution is 2.06. The molecule has 76 valence electrons. The van der Waals surface area contributed by atoms with E-state index in [-0.39, 0.29) is 24.9 Å². The first-order chi connectivity index (χ1) is 6.63. The van der Waals surface area contributed by atoms with Crippen LogP contribution in [0.1, 0.15) is 16.2 Å². The number of aliphatic hydroxyl groups is 1. The number of carboxylic acid groups (broad SMARTS) is 1. The molecule has 0 aliphatic carbocycles. The first kappa shape index (κ1) is 10.4. The second-order valence-electron chi connectivity index (χ2n) is 2.55. The molecule has 0 aromatic carbocycles. The minimum atomic E-state index is -1.13. The van der Waals surface area contributed by atoms with Gasteiger partial charge >= 0.3 is 12.0 Å². The second-order valence-corrected chi connectivity index (χ2v) is 2.55. The predicted octanol–water partition coefficient (Wildman–Crippen LogP) is -0.146. The van der Waals surface area contributed by atoms with Crippen LogP contribution in [0.4, 0.5) is 0 Å². The molecule has 0 fully saturated rings. The molecule has 14 heavy (non-hydrogen) atoms. The molecule has 1 heterocycles. The van der Waals surface area contributed by atoms with Gasteiger partial charge in [-0.25, -0.2) is 9.78 Å². The number of carbonyl (C=O) groups is 1. The molecule has 1 aromatic heterocycles. The monoisotopic (exact) mass is 198 g/mol. The lowest BCUT2D eigenvalue weighted by Crippen LogP contribution is -2.09. The van der Waals surface area contributed by atoms with Crippen molar-refractivity contribution >= 4 is 5.97 Å². The Balaban J connectivity index is 2.89. The van der Waals surface area contributed by atoms with Crippen molar-refractivity contribution < 1.29 is 19.7 Å². The van der Waals surface area contributed by atoms with E-state index in [1.54, 1.807) is 6.92 Å². The Labute approximate surface area is 80.2 Å². The quantitative estimate of drug-likeness (QED) is 0.699. The third-order valence-electron chi connectivity index (χ3n) is 1.38. The van der Waals surface area contributed by atoms with E-state index in [9.17, 15) is 4.79 Å². The lowest BCUT2D eigenvalue weighted by atomic mass is 10.3. The summed E-state index contributed by atoms with van der Waals surface area (Å²) in [4.78, 5) is 18.1. The van der Waals surface area contributed by atoms with E-state index in [1.807, 2.05) is 0 Å². The summed E-state index contributed by atoms with van der Waals surface area (Å²) in [7, 11) is 0. The molecule has 0 unspecified atom stereocenters. The van der Waals surface area contributed by atoms with Crippen LogP contribution in [0.15, 0.2) is 6.07 Å². The highest BCUT2D eigenvalue weighted by atomic mass is 16.5. The summed E-state index contributed by atoms with van der Waals surface area (Å²) in [6.45, 7) is 1.52. The van der Waals surface area contributed by atoms with Crippen LogP contribution in [-0.4, -0.2) is 39.4 Å². The van der Waals surface area contributed by atoms with E-state index in [2.05, 4.69) is 9.97 Å². The topological polar surface area (TPSA) is 92.5 Å². The minimum Gasteiger partial charge on any atom is -0.477 e. The van der Waals surface area contributed by atoms with Gasteiger partial charge < -0.3 is 14.9 Å². The van der Waals surface area contributed by atoms with Gasteiger partial charge in [-0.1, -0.05) is 0 Å². The van der Waals surface area contributed by atoms with Gasteiger partial charge in [0.25, 0.3) is 0 Å². The molecule has 0 radical (unpaired) electrons. The molecule has 1 aromatic rings. The van der Waals surface area contributed by atoms with Gasteiger partial charge in [-0.3, -0.25) is 0 Å². The molecule has 0 amide bonds. The van der Waals surface area contributed by atoms with Gasteiger partial charge in [-0.2, -0.15) is 4.98 Å². The van der Waals surface area contributed by atoms with E-state index in [0.29, 0.717) is 5.69 Å². The first-order valence-corrected chi connectivity index (χ1v) is 3.96. The summed E-state index contributed by atoms with van der Waals surface area (Å²) in [5.41, 5.74) is 0.385. The maximum Gasteiger partial charge on any atom is 0.354 e. The zero-order valence-electron chi connectivity index (χ0n) is 7.60. The van der Waals surface area contributed by atoms with E-state index in [1.165, 1.54) is 6.07 Å². The molecular formula is C8H10N2O4. The smallest absolute Gasteiger partial charge is 0.354 e. The molecule has 0 bridgehead atoms. The van der Waals surface area contributed by atoms with Crippen molar-refractivity contribution in [2.24, 2.45) is 0 Å². The average Bonchev–Trinajstić information content (AvgIpc) is 2.14. The van der Waals surface area contributed by atoms with Crippen molar-refractivity contribution in [3.63, 3.8) is 0 Å². The molecule has 1 rings (SSSR count). The Morgan fingerprint density at radius 1 is 1.57 bits per heavy atom. The lowest BCUT2D eigenvalue weighted by molar-refractivity contribution is 0.0688. The van der Waals surface area contributed by atoms with Crippen LogP contribution < -0.4 is 4.74 Å². The molecule has 0 spiro atoms. The Hall–Kier alpha value is -1.69. The standard InChI is InChI=1S/C8H10N2O4/c1-5-4-6(7(12)13)10-8(9-5)14-3-2-11/h4,11H,2-3H2,1H3,(H,12,13). The van der Waals surface area contributed by atoms with Crippen LogP contribution in [-0.2, 0) is 0 Å². The zero-order valence-corrected chi connectivity index (χ0v) is 7.60. The van der Waals surface area contributed by atoms with Crippen molar-refractivity contribution in [3.05, 3.63) is 17.5 Å². The van der Waals surface area contributed by atoms with E-state index < -0.39 is 5.97 Å². The van der Waals surface area contributed by atoms with Crippen LogP contribution in [0.25, 0.3) is 0 Å². The summed E-state index contributed by atoms with van der Waals surface area (Å²) in [5.74, 6) is -1.13. The summed E-state index contributed by atoms with van der Waals surface area (Å²) < 4.78 is 4.89. The summed E-state index contributed by atoms with van der Waals surface area (Å²) in [6, 6.07) is 1.31. The largest absolute Gasteiger partial charge is 0.477 e. The number of ether oxygens (including phenoxy) is 1. The maximum absolute atomic E-state index is 10.6. The van der Waals surface area contributed by atoms with Gasteiger partial charge in [0.2, 0.25) is 0 Å². The molecule has 0 aliphatic rings. The Kier molecular flexibility index (Phi) is 3.35. The zero-order chi connectivity index (χ0) is 10.6. The number of nitrogens with zero attached hydrogens (tertiary/aromatic N) is 2. The fraction of sp³-hybridized carbons (Fsp3) is 0.375. The van der Waals surface area contributed by atoms with Gasteiger partial charge in [-0.15, -0.1) is 0 Å². The van der Waals surface area contributed by atoms with Crippen LogP contribution in [0.3, 0.4) is 0 Å². The third kappa shape index (κ3) is 2.67. The Bertz CT molecular complexity index is 340. The average molecular weight is 198 g/mol. The number of hydrogen-bond acceptors (Lipinski definition) is 5. The molecule has 0 atom stereocenters. The van der Waals surface area contributed by atoms with E-state index in [4.69, 9.17) is 14.9 Å². The Morgan fingerprint density at radius 2 is 2.29 bits per heavy atom. The van der Waals surface area contributed by atoms with Crippen LogP contribution >= 0.6 is 0 Å². The third-order valence-corrected chi connectivity index (χ3v) is 1.38. The number of rotatable bonds is 4. The Morgan fingerprint density at radius 3 is 2.86 bits per heavy atom. The van der Waals surface area contributed by atoms with Crippen molar-refractivity contribution in [3.8, 4) is 6.01 Å². The fourth-order valence-electron chi connectivity index (χ4n) is 0.852. The van der Waals surface area contributed by atoms with Gasteiger partial charge in [0.05, 0.1) is 6.61 Å². The minimum absolute atomic E-state index is 0.0311. The number of aromatic carboxylic acids is 1. The molecule has 2 N–H and O–H groups in total. The van der Waals surface area contributed by atoms with Crippen molar-refractivity contribution in [2.75, 3.05) is 13.2 Å². The molecule has 6 heteroatoms. The highest BCUT2D eigenvalue weighted by Gasteiger charge is 2.08. The van der Waals surface area contributed by atoms with Gasteiger partial charge in [-0.05, 0) is 13.0 Å². The highest BCUT2D eigenvalue weighted by molar-refractivity contribution is 5.85. The lowest BCUT2D eigenvalue weighted by Gasteiger charge is -2.03. The van der Waals surface area contributed by atoms with Crippen LogP contribution in [0.5, 0.6) is 6.01 Å². The molecule has 0 saturated heterocycles. The number of aliphatic hydroxyl groups excluding tert-OH is 1. The van der Waals surface area contributed by atoms with E-state index in [0.717, 1.165) is 0 Å². The summed E-state index contributed by atoms with van der Waals surface area (Å²) >= 11 is 0. The maximum atomic E-state index is 10.6. The van der Waals surface area contributed by atoms with E-state index >= 15 is 0 Å².